The molecule has 11 heteroatoms. The van der Waals surface area contributed by atoms with Gasteiger partial charge in [-0.05, 0) is 76.0 Å². The number of ether oxygens (including phenoxy) is 3. The molecule has 3 unspecified atom stereocenters. The first-order valence-corrected chi connectivity index (χ1v) is 16.0. The Morgan fingerprint density at radius 1 is 1.16 bits per heavy atom. The average molecular weight is 603 g/mol. The van der Waals surface area contributed by atoms with Crippen LogP contribution in [-0.4, -0.2) is 77.6 Å². The maximum atomic E-state index is 6.61. The van der Waals surface area contributed by atoms with Crippen LogP contribution in [0.1, 0.15) is 79.1 Å². The number of nitrogen functional groups attached to an aromatic ring is 1. The van der Waals surface area contributed by atoms with Crippen LogP contribution in [0.25, 0.3) is 22.2 Å². The van der Waals surface area contributed by atoms with Gasteiger partial charge >= 0.3 is 0 Å². The molecule has 5 heterocycles. The summed E-state index contributed by atoms with van der Waals surface area (Å²) in [6, 6.07) is 7.50. The van der Waals surface area contributed by atoms with Crippen molar-refractivity contribution in [2.75, 3.05) is 18.9 Å². The minimum atomic E-state index is -0.880. The van der Waals surface area contributed by atoms with Crippen LogP contribution < -0.4 is 5.73 Å². The summed E-state index contributed by atoms with van der Waals surface area (Å²) in [5.41, 5.74) is 10.0. The molecule has 3 aliphatic rings. The molecule has 2 saturated heterocycles. The van der Waals surface area contributed by atoms with Gasteiger partial charge in [-0.1, -0.05) is 26.8 Å². The van der Waals surface area contributed by atoms with Gasteiger partial charge in [0.1, 0.15) is 29.9 Å². The lowest BCUT2D eigenvalue weighted by Crippen LogP contribution is -2.53. The van der Waals surface area contributed by atoms with Crippen molar-refractivity contribution in [3.63, 3.8) is 0 Å². The van der Waals surface area contributed by atoms with Crippen molar-refractivity contribution >= 4 is 28.0 Å². The quantitative estimate of drug-likeness (QED) is 0.289. The molecule has 3 N–H and O–H groups in total. The summed E-state index contributed by atoms with van der Waals surface area (Å²) in [6.07, 6.45) is 7.17. The van der Waals surface area contributed by atoms with E-state index in [1.54, 1.807) is 6.33 Å². The van der Waals surface area contributed by atoms with Crippen LogP contribution >= 0.6 is 0 Å². The zero-order valence-electron chi connectivity index (χ0n) is 27.0. The Hall–Kier alpha value is -3.12. The van der Waals surface area contributed by atoms with E-state index in [9.17, 15) is 0 Å². The monoisotopic (exact) mass is 602 g/mol. The van der Waals surface area contributed by atoms with Gasteiger partial charge < -0.3 is 24.9 Å². The zero-order chi connectivity index (χ0) is 31.0. The van der Waals surface area contributed by atoms with Gasteiger partial charge in [0.15, 0.2) is 17.3 Å². The number of nitrogens with two attached hydrogens (primary N) is 1. The fourth-order valence-electron chi connectivity index (χ4n) is 7.42. The minimum absolute atomic E-state index is 0.123. The fourth-order valence-corrected chi connectivity index (χ4v) is 7.42. The predicted octanol–water partition coefficient (Wildman–Crippen LogP) is 4.91. The molecule has 7 rings (SSSR count). The number of fused-ring (bicyclic) bond motifs is 3. The second kappa shape index (κ2) is 10.5. The van der Waals surface area contributed by atoms with E-state index in [1.165, 1.54) is 24.7 Å². The van der Waals surface area contributed by atoms with E-state index in [0.717, 1.165) is 36.2 Å². The number of imidazole rings is 2. The van der Waals surface area contributed by atoms with Gasteiger partial charge in [0.2, 0.25) is 5.72 Å². The van der Waals surface area contributed by atoms with Crippen molar-refractivity contribution in [2.45, 2.75) is 115 Å². The molecule has 0 bridgehead atoms. The first-order chi connectivity index (χ1) is 20.8. The topological polar surface area (TPSA) is 129 Å². The van der Waals surface area contributed by atoms with E-state index < -0.39 is 11.5 Å². The molecule has 3 aromatic heterocycles. The van der Waals surface area contributed by atoms with Gasteiger partial charge in [0.05, 0.1) is 24.0 Å². The van der Waals surface area contributed by atoms with Crippen molar-refractivity contribution in [3.8, 4) is 0 Å². The Labute approximate surface area is 258 Å². The molecule has 236 valence electrons. The number of nitrogens with one attached hydrogen (secondary N) is 1. The number of aromatic nitrogens is 6. The summed E-state index contributed by atoms with van der Waals surface area (Å²) in [4.78, 5) is 24.2. The largest absolute Gasteiger partial charge is 0.382 e. The Kier molecular flexibility index (Phi) is 7.04. The third-order valence-corrected chi connectivity index (χ3v) is 9.81. The fraction of sp³-hybridized carbons (Fsp3) is 0.636. The van der Waals surface area contributed by atoms with Crippen LogP contribution in [0.2, 0.25) is 0 Å². The number of benzene rings is 1. The van der Waals surface area contributed by atoms with Crippen molar-refractivity contribution in [1.82, 2.24) is 34.4 Å². The summed E-state index contributed by atoms with van der Waals surface area (Å²) >= 11 is 0. The molecule has 3 fully saturated rings. The molecule has 1 aromatic carbocycles. The van der Waals surface area contributed by atoms with Crippen LogP contribution in [-0.2, 0) is 31.8 Å². The maximum Gasteiger partial charge on any atom is 0.203 e. The molecular formula is C33H46N8O3. The molecule has 4 aromatic rings. The number of hydrogen-bond acceptors (Lipinski definition) is 9. The molecule has 3 atom stereocenters. The van der Waals surface area contributed by atoms with Crippen molar-refractivity contribution in [1.29, 1.82) is 0 Å². The lowest BCUT2D eigenvalue weighted by Gasteiger charge is -2.46. The second-order valence-corrected chi connectivity index (χ2v) is 14.8. The smallest absolute Gasteiger partial charge is 0.203 e. The highest BCUT2D eigenvalue weighted by molar-refractivity contribution is 5.81. The Bertz CT molecular complexity index is 1670. The van der Waals surface area contributed by atoms with E-state index >= 15 is 0 Å². The van der Waals surface area contributed by atoms with E-state index in [1.807, 2.05) is 18.4 Å². The highest BCUT2D eigenvalue weighted by Gasteiger charge is 2.63. The number of H-pyrrole nitrogens is 1. The number of anilines is 1. The molecule has 0 amide bonds. The van der Waals surface area contributed by atoms with Gasteiger partial charge in [0, 0.05) is 25.0 Å². The van der Waals surface area contributed by atoms with Gasteiger partial charge in [-0.3, -0.25) is 9.47 Å². The Morgan fingerprint density at radius 3 is 2.70 bits per heavy atom. The summed E-state index contributed by atoms with van der Waals surface area (Å²) in [7, 11) is 0. The van der Waals surface area contributed by atoms with Gasteiger partial charge in [0.25, 0.3) is 0 Å². The molecule has 11 nitrogen and oxygen atoms in total. The van der Waals surface area contributed by atoms with Crippen molar-refractivity contribution in [3.05, 3.63) is 42.2 Å². The van der Waals surface area contributed by atoms with Crippen LogP contribution in [0, 0.1) is 5.92 Å². The molecule has 1 saturated carbocycles. The third kappa shape index (κ3) is 5.07. The summed E-state index contributed by atoms with van der Waals surface area (Å²) in [6.45, 7) is 16.3. The number of hydrogen-bond donors (Lipinski definition) is 2. The Morgan fingerprint density at radius 2 is 1.95 bits per heavy atom. The number of rotatable bonds is 8. The van der Waals surface area contributed by atoms with Crippen molar-refractivity contribution in [2.24, 2.45) is 5.92 Å². The minimum Gasteiger partial charge on any atom is -0.382 e. The SMILES string of the molecule is CC(C)N(CC1OCC2(n3cnc4c(N)ncnc43)OC(C)(C)OC12)C1CC(CCc2nc3ccc(C(C)(C)C)cc3[nH]2)C1. The normalized spacial score (nSPS) is 28.4. The maximum absolute atomic E-state index is 6.61. The van der Waals surface area contributed by atoms with Crippen LogP contribution in [0.4, 0.5) is 5.82 Å². The van der Waals surface area contributed by atoms with Gasteiger partial charge in [-0.15, -0.1) is 0 Å². The molecule has 1 aliphatic carbocycles. The second-order valence-electron chi connectivity index (χ2n) is 14.8. The zero-order valence-corrected chi connectivity index (χ0v) is 27.0. The van der Waals surface area contributed by atoms with Crippen LogP contribution in [0.3, 0.4) is 0 Å². The highest BCUT2D eigenvalue weighted by Crippen LogP contribution is 2.48. The molecule has 0 radical (unpaired) electrons. The summed E-state index contributed by atoms with van der Waals surface area (Å²) < 4.78 is 21.6. The number of aryl methyl sites for hydroxylation is 1. The van der Waals surface area contributed by atoms with Gasteiger partial charge in [-0.2, -0.15) is 0 Å². The van der Waals surface area contributed by atoms with Crippen molar-refractivity contribution < 1.29 is 14.2 Å². The molecule has 44 heavy (non-hydrogen) atoms. The summed E-state index contributed by atoms with van der Waals surface area (Å²) in [5.74, 6) is 1.34. The third-order valence-electron chi connectivity index (χ3n) is 9.81. The summed E-state index contributed by atoms with van der Waals surface area (Å²) in [5, 5.41) is 0. The Balaban J connectivity index is 1.01. The van der Waals surface area contributed by atoms with E-state index in [4.69, 9.17) is 24.9 Å². The van der Waals surface area contributed by atoms with E-state index in [0.29, 0.717) is 41.6 Å². The lowest BCUT2D eigenvalue weighted by molar-refractivity contribution is -0.206. The van der Waals surface area contributed by atoms with E-state index in [2.05, 4.69) is 77.7 Å². The number of nitrogens with zero attached hydrogens (tertiary/aromatic N) is 6. The predicted molar refractivity (Wildman–Crippen MR) is 169 cm³/mol. The number of aromatic amines is 1. The highest BCUT2D eigenvalue weighted by atomic mass is 16.8. The molecule has 0 spiro atoms. The lowest BCUT2D eigenvalue weighted by atomic mass is 9.76. The first kappa shape index (κ1) is 29.6. The molecular weight excluding hydrogens is 556 g/mol. The van der Waals surface area contributed by atoms with E-state index in [-0.39, 0.29) is 17.6 Å². The molecule has 2 aliphatic heterocycles. The first-order valence-electron chi connectivity index (χ1n) is 16.0. The van der Waals surface area contributed by atoms with Crippen LogP contribution in [0.5, 0.6) is 0 Å². The van der Waals surface area contributed by atoms with Gasteiger partial charge in [-0.25, -0.2) is 19.9 Å². The average Bonchev–Trinajstić information content (AvgIpc) is 3.67. The standard InChI is InChI=1S/C33H46N8O3/c1-19(2)40(22-12-20(13-22)8-11-26-38-23-10-9-21(31(3,4)5)14-24(23)39-26)15-25-28-33(16-42-25,44-32(6,7)43-28)41-18-37-27-29(34)35-17-36-30(27)41/h9-10,14,17-20,22,25,28H,8,11-13,15-16H2,1-7H3,(H,38,39)(H2,34,35,36). The van der Waals surface area contributed by atoms with Crippen LogP contribution in [0.15, 0.2) is 30.9 Å².